The number of aliphatic hydroxyl groups is 1. The second-order valence-electron chi connectivity index (χ2n) is 5.69. The molecular weight excluding hydrogens is 236 g/mol. The van der Waals surface area contributed by atoms with Crippen molar-refractivity contribution in [1.82, 2.24) is 9.55 Å². The molecule has 1 aromatic heterocycles. The van der Waals surface area contributed by atoms with Gasteiger partial charge >= 0.3 is 0 Å². The van der Waals surface area contributed by atoms with Crippen molar-refractivity contribution in [2.45, 2.75) is 37.7 Å². The Kier molecular flexibility index (Phi) is 2.94. The number of hydrogen-bond acceptors (Lipinski definition) is 2. The number of benzene rings is 1. The highest BCUT2D eigenvalue weighted by molar-refractivity contribution is 5.37. The highest BCUT2D eigenvalue weighted by Gasteiger charge is 2.37. The first kappa shape index (κ1) is 12.4. The zero-order chi connectivity index (χ0) is 13.5. The maximum absolute atomic E-state index is 11.1. The van der Waals surface area contributed by atoms with Gasteiger partial charge in [-0.2, -0.15) is 0 Å². The van der Waals surface area contributed by atoms with Crippen molar-refractivity contribution in [2.24, 2.45) is 7.05 Å². The normalized spacial score (nSPS) is 26.2. The van der Waals surface area contributed by atoms with E-state index in [9.17, 15) is 5.11 Å². The molecule has 0 saturated heterocycles. The molecule has 100 valence electrons. The van der Waals surface area contributed by atoms with Gasteiger partial charge in [-0.15, -0.1) is 0 Å². The fourth-order valence-corrected chi connectivity index (χ4v) is 3.11. The quantitative estimate of drug-likeness (QED) is 0.897. The molecule has 0 radical (unpaired) electrons. The lowest BCUT2D eigenvalue weighted by molar-refractivity contribution is 0.0134. The molecule has 0 spiro atoms. The van der Waals surface area contributed by atoms with E-state index in [1.54, 1.807) is 6.20 Å². The van der Waals surface area contributed by atoms with Crippen molar-refractivity contribution in [2.75, 3.05) is 0 Å². The molecule has 3 heteroatoms. The second kappa shape index (κ2) is 4.49. The van der Waals surface area contributed by atoms with Gasteiger partial charge in [-0.1, -0.05) is 31.2 Å². The first-order valence-electron chi connectivity index (χ1n) is 6.88. The van der Waals surface area contributed by atoms with Gasteiger partial charge in [0.15, 0.2) is 0 Å². The van der Waals surface area contributed by atoms with E-state index in [4.69, 9.17) is 0 Å². The Bertz CT molecular complexity index is 590. The summed E-state index contributed by atoms with van der Waals surface area (Å²) in [6, 6.07) is 8.28. The number of rotatable bonds is 2. The van der Waals surface area contributed by atoms with Gasteiger partial charge in [-0.25, -0.2) is 4.98 Å². The molecule has 0 fully saturated rings. The van der Waals surface area contributed by atoms with Crippen molar-refractivity contribution in [3.63, 3.8) is 0 Å². The van der Waals surface area contributed by atoms with E-state index in [2.05, 4.69) is 30.1 Å². The number of imidazole rings is 1. The SMILES string of the molecule is CC1CCC(O)(Cc2nccn2C)c2ccccc21. The van der Waals surface area contributed by atoms with Crippen LogP contribution >= 0.6 is 0 Å². The molecule has 2 unspecified atom stereocenters. The van der Waals surface area contributed by atoms with E-state index in [0.29, 0.717) is 12.3 Å². The van der Waals surface area contributed by atoms with Crippen LogP contribution in [0.15, 0.2) is 36.7 Å². The van der Waals surface area contributed by atoms with Gasteiger partial charge in [-0.05, 0) is 29.9 Å². The lowest BCUT2D eigenvalue weighted by atomic mass is 9.73. The summed E-state index contributed by atoms with van der Waals surface area (Å²) >= 11 is 0. The summed E-state index contributed by atoms with van der Waals surface area (Å²) < 4.78 is 1.98. The molecular formula is C16H20N2O. The molecule has 0 amide bonds. The Hall–Kier alpha value is -1.61. The molecule has 2 atom stereocenters. The minimum atomic E-state index is -0.776. The van der Waals surface area contributed by atoms with Gasteiger partial charge in [0.05, 0.1) is 5.60 Å². The molecule has 19 heavy (non-hydrogen) atoms. The third-order valence-electron chi connectivity index (χ3n) is 4.36. The fourth-order valence-electron chi connectivity index (χ4n) is 3.11. The zero-order valence-corrected chi connectivity index (χ0v) is 11.5. The summed E-state index contributed by atoms with van der Waals surface area (Å²) in [6.07, 6.45) is 6.13. The summed E-state index contributed by atoms with van der Waals surface area (Å²) in [7, 11) is 1.98. The average Bonchev–Trinajstić information content (AvgIpc) is 2.80. The predicted molar refractivity (Wildman–Crippen MR) is 74.9 cm³/mol. The van der Waals surface area contributed by atoms with Crippen LogP contribution in [-0.4, -0.2) is 14.7 Å². The number of aromatic nitrogens is 2. The van der Waals surface area contributed by atoms with Gasteiger partial charge in [0, 0.05) is 25.9 Å². The van der Waals surface area contributed by atoms with Crippen LogP contribution in [0.1, 0.15) is 42.6 Å². The van der Waals surface area contributed by atoms with Gasteiger partial charge in [0.25, 0.3) is 0 Å². The van der Waals surface area contributed by atoms with Crippen LogP contribution in [0.25, 0.3) is 0 Å². The summed E-state index contributed by atoms with van der Waals surface area (Å²) in [4.78, 5) is 4.35. The van der Waals surface area contributed by atoms with Crippen molar-refractivity contribution >= 4 is 0 Å². The molecule has 2 aromatic rings. The predicted octanol–water partition coefficient (Wildman–Crippen LogP) is 2.75. The van der Waals surface area contributed by atoms with Crippen molar-refractivity contribution in [3.8, 4) is 0 Å². The maximum Gasteiger partial charge on any atom is 0.111 e. The summed E-state index contributed by atoms with van der Waals surface area (Å²) in [5, 5.41) is 11.1. The Morgan fingerprint density at radius 2 is 2.21 bits per heavy atom. The van der Waals surface area contributed by atoms with Crippen LogP contribution in [0.2, 0.25) is 0 Å². The molecule has 1 aliphatic carbocycles. The van der Waals surface area contributed by atoms with E-state index < -0.39 is 5.60 Å². The smallest absolute Gasteiger partial charge is 0.111 e. The number of aryl methyl sites for hydroxylation is 1. The summed E-state index contributed by atoms with van der Waals surface area (Å²) in [5.41, 5.74) is 1.59. The van der Waals surface area contributed by atoms with Crippen LogP contribution in [0.3, 0.4) is 0 Å². The highest BCUT2D eigenvalue weighted by atomic mass is 16.3. The van der Waals surface area contributed by atoms with Gasteiger partial charge in [0.1, 0.15) is 5.82 Å². The van der Waals surface area contributed by atoms with Crippen LogP contribution in [0, 0.1) is 0 Å². The Balaban J connectivity index is 2.01. The van der Waals surface area contributed by atoms with E-state index in [0.717, 1.165) is 24.2 Å². The highest BCUT2D eigenvalue weighted by Crippen LogP contribution is 2.42. The molecule has 1 N–H and O–H groups in total. The number of hydrogen-bond donors (Lipinski definition) is 1. The topological polar surface area (TPSA) is 38.1 Å². The Labute approximate surface area is 113 Å². The first-order chi connectivity index (χ1) is 9.10. The molecule has 0 aliphatic heterocycles. The van der Waals surface area contributed by atoms with Crippen LogP contribution in [-0.2, 0) is 19.1 Å². The minimum absolute atomic E-state index is 0.526. The van der Waals surface area contributed by atoms with E-state index in [-0.39, 0.29) is 0 Å². The van der Waals surface area contributed by atoms with E-state index in [1.807, 2.05) is 23.9 Å². The number of nitrogens with zero attached hydrogens (tertiary/aromatic N) is 2. The van der Waals surface area contributed by atoms with Crippen molar-refractivity contribution < 1.29 is 5.11 Å². The summed E-state index contributed by atoms with van der Waals surface area (Å²) in [6.45, 7) is 2.24. The molecule has 0 saturated carbocycles. The molecule has 3 nitrogen and oxygen atoms in total. The second-order valence-corrected chi connectivity index (χ2v) is 5.69. The van der Waals surface area contributed by atoms with Gasteiger partial charge < -0.3 is 9.67 Å². The van der Waals surface area contributed by atoms with Crippen LogP contribution in [0.4, 0.5) is 0 Å². The lowest BCUT2D eigenvalue weighted by Gasteiger charge is -2.37. The van der Waals surface area contributed by atoms with Crippen molar-refractivity contribution in [1.29, 1.82) is 0 Å². The molecule has 1 aromatic carbocycles. The Morgan fingerprint density at radius 1 is 1.42 bits per heavy atom. The monoisotopic (exact) mass is 256 g/mol. The molecule has 1 heterocycles. The maximum atomic E-state index is 11.1. The standard InChI is InChI=1S/C16H20N2O/c1-12-7-8-16(19,11-15-17-9-10-18(15)2)14-6-4-3-5-13(12)14/h3-6,9-10,12,19H,7-8,11H2,1-2H3. The van der Waals surface area contributed by atoms with Crippen LogP contribution < -0.4 is 0 Å². The van der Waals surface area contributed by atoms with E-state index >= 15 is 0 Å². The minimum Gasteiger partial charge on any atom is -0.385 e. The Morgan fingerprint density at radius 3 is 2.95 bits per heavy atom. The number of fused-ring (bicyclic) bond motifs is 1. The van der Waals surface area contributed by atoms with Crippen LogP contribution in [0.5, 0.6) is 0 Å². The van der Waals surface area contributed by atoms with E-state index in [1.165, 1.54) is 5.56 Å². The lowest BCUT2D eigenvalue weighted by Crippen LogP contribution is -2.34. The molecule has 0 bridgehead atoms. The third kappa shape index (κ3) is 2.08. The summed E-state index contributed by atoms with van der Waals surface area (Å²) in [5.74, 6) is 1.46. The molecule has 3 rings (SSSR count). The molecule has 1 aliphatic rings. The largest absolute Gasteiger partial charge is 0.385 e. The zero-order valence-electron chi connectivity index (χ0n) is 11.5. The third-order valence-corrected chi connectivity index (χ3v) is 4.36. The van der Waals surface area contributed by atoms with Gasteiger partial charge in [0.2, 0.25) is 0 Å². The fraction of sp³-hybridized carbons (Fsp3) is 0.438. The van der Waals surface area contributed by atoms with Gasteiger partial charge in [-0.3, -0.25) is 0 Å². The average molecular weight is 256 g/mol. The first-order valence-corrected chi connectivity index (χ1v) is 6.88. The van der Waals surface area contributed by atoms with Crippen molar-refractivity contribution in [3.05, 3.63) is 53.6 Å².